The summed E-state index contributed by atoms with van der Waals surface area (Å²) in [4.78, 5) is 10.8. The highest BCUT2D eigenvalue weighted by Crippen LogP contribution is 2.32. The van der Waals surface area contributed by atoms with Gasteiger partial charge in [0.15, 0.2) is 0 Å². The number of nitro groups is 1. The van der Waals surface area contributed by atoms with Crippen molar-refractivity contribution in [3.8, 4) is 0 Å². The third kappa shape index (κ3) is 2.46. The van der Waals surface area contributed by atoms with Gasteiger partial charge in [-0.15, -0.1) is 0 Å². The van der Waals surface area contributed by atoms with Crippen LogP contribution in [0.5, 0.6) is 0 Å². The van der Waals surface area contributed by atoms with Crippen LogP contribution in [0.15, 0.2) is 36.4 Å². The van der Waals surface area contributed by atoms with E-state index in [0.29, 0.717) is 11.4 Å². The summed E-state index contributed by atoms with van der Waals surface area (Å²) in [7, 11) is 0. The Morgan fingerprint density at radius 1 is 1.00 bits per heavy atom. The van der Waals surface area contributed by atoms with Crippen LogP contribution >= 0.6 is 0 Å². The van der Waals surface area contributed by atoms with E-state index in [9.17, 15) is 10.1 Å². The van der Waals surface area contributed by atoms with E-state index in [0.717, 1.165) is 11.1 Å². The van der Waals surface area contributed by atoms with Crippen LogP contribution < -0.4 is 5.32 Å². The zero-order valence-electron chi connectivity index (χ0n) is 11.3. The fourth-order valence-electron chi connectivity index (χ4n) is 3.04. The molecular weight excluding hydrogens is 252 g/mol. The number of rotatable bonds is 3. The van der Waals surface area contributed by atoms with Crippen LogP contribution in [0.3, 0.4) is 0 Å². The summed E-state index contributed by atoms with van der Waals surface area (Å²) < 4.78 is 0. The summed E-state index contributed by atoms with van der Waals surface area (Å²) in [5.41, 5.74) is 1.19. The molecule has 1 aliphatic rings. The number of fused-ring (bicyclic) bond motifs is 1. The maximum absolute atomic E-state index is 11.1. The minimum Gasteiger partial charge on any atom is -0.382 e. The van der Waals surface area contributed by atoms with Crippen molar-refractivity contribution in [1.29, 1.82) is 0 Å². The maximum atomic E-state index is 11.1. The van der Waals surface area contributed by atoms with E-state index in [-0.39, 0.29) is 10.6 Å². The molecule has 0 aromatic heterocycles. The van der Waals surface area contributed by atoms with E-state index in [2.05, 4.69) is 5.32 Å². The highest BCUT2D eigenvalue weighted by Gasteiger charge is 2.17. The molecule has 1 saturated carbocycles. The van der Waals surface area contributed by atoms with Gasteiger partial charge >= 0.3 is 0 Å². The predicted octanol–water partition coefficient (Wildman–Crippen LogP) is 4.49. The SMILES string of the molecule is O=[N+]([O-])c1ccc(NC2CCCCC2)c2ccccc12. The van der Waals surface area contributed by atoms with Gasteiger partial charge in [-0.3, -0.25) is 10.1 Å². The molecule has 0 unspecified atom stereocenters. The zero-order valence-corrected chi connectivity index (χ0v) is 11.3. The summed E-state index contributed by atoms with van der Waals surface area (Å²) in [6, 6.07) is 11.5. The molecule has 0 amide bonds. The van der Waals surface area contributed by atoms with Gasteiger partial charge in [0.2, 0.25) is 0 Å². The molecular formula is C16H18N2O2. The highest BCUT2D eigenvalue weighted by molar-refractivity contribution is 5.99. The first-order valence-corrected chi connectivity index (χ1v) is 7.18. The third-order valence-electron chi connectivity index (χ3n) is 4.06. The second kappa shape index (κ2) is 5.49. The monoisotopic (exact) mass is 270 g/mol. The molecule has 4 nitrogen and oxygen atoms in total. The summed E-state index contributed by atoms with van der Waals surface area (Å²) in [5, 5.41) is 16.3. The highest BCUT2D eigenvalue weighted by atomic mass is 16.6. The van der Waals surface area contributed by atoms with E-state index < -0.39 is 0 Å². The molecule has 4 heteroatoms. The number of benzene rings is 2. The van der Waals surface area contributed by atoms with Crippen LogP contribution in [0.4, 0.5) is 11.4 Å². The topological polar surface area (TPSA) is 55.2 Å². The van der Waals surface area contributed by atoms with E-state index in [1.807, 2.05) is 30.3 Å². The van der Waals surface area contributed by atoms with E-state index in [4.69, 9.17) is 0 Å². The van der Waals surface area contributed by atoms with E-state index in [1.54, 1.807) is 6.07 Å². The quantitative estimate of drug-likeness (QED) is 0.660. The third-order valence-corrected chi connectivity index (χ3v) is 4.06. The first-order valence-electron chi connectivity index (χ1n) is 7.18. The molecule has 2 aromatic carbocycles. The van der Waals surface area contributed by atoms with Gasteiger partial charge in [0.25, 0.3) is 5.69 Å². The van der Waals surface area contributed by atoms with Crippen LogP contribution in [0.1, 0.15) is 32.1 Å². The Labute approximate surface area is 117 Å². The molecule has 0 saturated heterocycles. The molecule has 104 valence electrons. The molecule has 0 spiro atoms. The molecule has 1 fully saturated rings. The lowest BCUT2D eigenvalue weighted by Gasteiger charge is -2.24. The number of nitro benzene ring substituents is 1. The fourth-order valence-corrected chi connectivity index (χ4v) is 3.04. The van der Waals surface area contributed by atoms with Crippen molar-refractivity contribution in [2.45, 2.75) is 38.1 Å². The predicted molar refractivity (Wildman–Crippen MR) is 81.1 cm³/mol. The molecule has 0 atom stereocenters. The number of nitrogens with zero attached hydrogens (tertiary/aromatic N) is 1. The van der Waals surface area contributed by atoms with Crippen molar-refractivity contribution in [2.75, 3.05) is 5.32 Å². The van der Waals surface area contributed by atoms with Crippen molar-refractivity contribution in [3.05, 3.63) is 46.5 Å². The normalized spacial score (nSPS) is 16.2. The minimum absolute atomic E-state index is 0.176. The molecule has 20 heavy (non-hydrogen) atoms. The van der Waals surface area contributed by atoms with E-state index in [1.165, 1.54) is 32.1 Å². The number of non-ortho nitro benzene ring substituents is 1. The summed E-state index contributed by atoms with van der Waals surface area (Å²) >= 11 is 0. The number of nitrogens with one attached hydrogen (secondary N) is 1. The van der Waals surface area contributed by atoms with Gasteiger partial charge in [-0.25, -0.2) is 0 Å². The smallest absolute Gasteiger partial charge is 0.277 e. The van der Waals surface area contributed by atoms with E-state index >= 15 is 0 Å². The second-order valence-corrected chi connectivity index (χ2v) is 5.41. The average Bonchev–Trinajstić information content (AvgIpc) is 2.48. The summed E-state index contributed by atoms with van der Waals surface area (Å²) in [5.74, 6) is 0. The number of hydrogen-bond donors (Lipinski definition) is 1. The second-order valence-electron chi connectivity index (χ2n) is 5.41. The molecule has 2 aromatic rings. The van der Waals surface area contributed by atoms with Gasteiger partial charge in [-0.1, -0.05) is 37.5 Å². The average molecular weight is 270 g/mol. The number of anilines is 1. The Morgan fingerprint density at radius 2 is 1.70 bits per heavy atom. The largest absolute Gasteiger partial charge is 0.382 e. The van der Waals surface area contributed by atoms with Crippen LogP contribution in [-0.4, -0.2) is 11.0 Å². The number of hydrogen-bond acceptors (Lipinski definition) is 3. The fraction of sp³-hybridized carbons (Fsp3) is 0.375. The Bertz CT molecular complexity index is 633. The van der Waals surface area contributed by atoms with Crippen LogP contribution in [0.25, 0.3) is 10.8 Å². The molecule has 0 aliphatic heterocycles. The van der Waals surface area contributed by atoms with Crippen molar-refractivity contribution in [2.24, 2.45) is 0 Å². The molecule has 1 N–H and O–H groups in total. The molecule has 3 rings (SSSR count). The Morgan fingerprint density at radius 3 is 2.40 bits per heavy atom. The van der Waals surface area contributed by atoms with Gasteiger partial charge < -0.3 is 5.32 Å². The van der Waals surface area contributed by atoms with Gasteiger partial charge in [0.05, 0.1) is 10.3 Å². The first-order chi connectivity index (χ1) is 9.75. The Kier molecular flexibility index (Phi) is 3.54. The minimum atomic E-state index is -0.313. The van der Waals surface area contributed by atoms with Gasteiger partial charge in [0.1, 0.15) is 0 Å². The Hall–Kier alpha value is -2.10. The van der Waals surface area contributed by atoms with Crippen molar-refractivity contribution < 1.29 is 4.92 Å². The molecule has 1 aliphatic carbocycles. The van der Waals surface area contributed by atoms with Gasteiger partial charge in [-0.05, 0) is 25.0 Å². The van der Waals surface area contributed by atoms with Crippen molar-refractivity contribution in [3.63, 3.8) is 0 Å². The van der Waals surface area contributed by atoms with Gasteiger partial charge in [0, 0.05) is 23.2 Å². The van der Waals surface area contributed by atoms with Crippen LogP contribution in [-0.2, 0) is 0 Å². The molecule has 0 bridgehead atoms. The first kappa shape index (κ1) is 12.9. The maximum Gasteiger partial charge on any atom is 0.277 e. The van der Waals surface area contributed by atoms with Gasteiger partial charge in [-0.2, -0.15) is 0 Å². The summed E-state index contributed by atoms with van der Waals surface area (Å²) in [6.07, 6.45) is 6.22. The van der Waals surface area contributed by atoms with Crippen LogP contribution in [0, 0.1) is 10.1 Å². The lowest BCUT2D eigenvalue weighted by atomic mass is 9.95. The lowest BCUT2D eigenvalue weighted by molar-refractivity contribution is -0.383. The zero-order chi connectivity index (χ0) is 13.9. The van der Waals surface area contributed by atoms with Crippen LogP contribution in [0.2, 0.25) is 0 Å². The molecule has 0 heterocycles. The standard InChI is InChI=1S/C16H18N2O2/c19-18(20)16-11-10-15(13-8-4-5-9-14(13)16)17-12-6-2-1-3-7-12/h4-5,8-12,17H,1-3,6-7H2. The lowest BCUT2D eigenvalue weighted by Crippen LogP contribution is -2.22. The van der Waals surface area contributed by atoms with Crippen molar-refractivity contribution in [1.82, 2.24) is 0 Å². The van der Waals surface area contributed by atoms with Crippen molar-refractivity contribution >= 4 is 22.1 Å². The Balaban J connectivity index is 1.99. The molecule has 0 radical (unpaired) electrons. The summed E-state index contributed by atoms with van der Waals surface area (Å²) in [6.45, 7) is 0.